The molecule has 23 heavy (non-hydrogen) atoms. The number of hydrogen-bond acceptors (Lipinski definition) is 8. The molecule has 8 heteroatoms. The SMILES string of the molecule is CCCNc1nnc(SCC(O)COc2ccc(C#N)cc2)s1. The Morgan fingerprint density at radius 2 is 2.17 bits per heavy atom. The molecule has 0 spiro atoms. The molecule has 1 heterocycles. The number of ether oxygens (including phenoxy) is 1. The third-order valence-corrected chi connectivity index (χ3v) is 4.92. The maximum atomic E-state index is 9.96. The molecule has 1 aromatic heterocycles. The number of anilines is 1. The fourth-order valence-electron chi connectivity index (χ4n) is 1.61. The lowest BCUT2D eigenvalue weighted by Crippen LogP contribution is -2.20. The zero-order valence-electron chi connectivity index (χ0n) is 12.7. The topological polar surface area (TPSA) is 91.1 Å². The number of aromatic nitrogens is 2. The zero-order valence-corrected chi connectivity index (χ0v) is 14.4. The second-order valence-corrected chi connectivity index (χ2v) is 6.96. The van der Waals surface area contributed by atoms with Gasteiger partial charge < -0.3 is 15.2 Å². The molecule has 0 fully saturated rings. The van der Waals surface area contributed by atoms with Crippen LogP contribution in [0.2, 0.25) is 0 Å². The van der Waals surface area contributed by atoms with E-state index in [-0.39, 0.29) is 6.61 Å². The lowest BCUT2D eigenvalue weighted by atomic mass is 10.2. The highest BCUT2D eigenvalue weighted by atomic mass is 32.2. The Kier molecular flexibility index (Phi) is 7.13. The van der Waals surface area contributed by atoms with E-state index in [2.05, 4.69) is 22.4 Å². The van der Waals surface area contributed by atoms with Gasteiger partial charge in [-0.15, -0.1) is 10.2 Å². The molecule has 0 amide bonds. The minimum absolute atomic E-state index is 0.193. The summed E-state index contributed by atoms with van der Waals surface area (Å²) in [6.07, 6.45) is 0.430. The van der Waals surface area contributed by atoms with Crippen LogP contribution in [0.5, 0.6) is 5.75 Å². The van der Waals surface area contributed by atoms with Gasteiger partial charge in [-0.05, 0) is 30.7 Å². The van der Waals surface area contributed by atoms with Gasteiger partial charge in [0.05, 0.1) is 17.7 Å². The summed E-state index contributed by atoms with van der Waals surface area (Å²) in [5.74, 6) is 1.12. The monoisotopic (exact) mass is 350 g/mol. The summed E-state index contributed by atoms with van der Waals surface area (Å²) in [7, 11) is 0. The normalized spacial score (nSPS) is 11.7. The summed E-state index contributed by atoms with van der Waals surface area (Å²) < 4.78 is 6.32. The molecule has 0 aliphatic carbocycles. The summed E-state index contributed by atoms with van der Waals surface area (Å²) in [4.78, 5) is 0. The van der Waals surface area contributed by atoms with Crippen LogP contribution in [0.15, 0.2) is 28.6 Å². The largest absolute Gasteiger partial charge is 0.491 e. The van der Waals surface area contributed by atoms with Crippen LogP contribution in [0, 0.1) is 11.3 Å². The van der Waals surface area contributed by atoms with Gasteiger partial charge in [0, 0.05) is 12.3 Å². The number of nitrogens with zero attached hydrogens (tertiary/aromatic N) is 3. The van der Waals surface area contributed by atoms with Gasteiger partial charge in [-0.3, -0.25) is 0 Å². The smallest absolute Gasteiger partial charge is 0.206 e. The van der Waals surface area contributed by atoms with Crippen LogP contribution >= 0.6 is 23.1 Å². The Balaban J connectivity index is 1.71. The minimum atomic E-state index is -0.605. The van der Waals surface area contributed by atoms with E-state index >= 15 is 0 Å². The first-order valence-electron chi connectivity index (χ1n) is 7.22. The number of benzene rings is 1. The molecule has 0 radical (unpaired) electrons. The van der Waals surface area contributed by atoms with Gasteiger partial charge in [0.1, 0.15) is 12.4 Å². The van der Waals surface area contributed by atoms with Crippen LogP contribution in [-0.2, 0) is 0 Å². The fraction of sp³-hybridized carbons (Fsp3) is 0.400. The van der Waals surface area contributed by atoms with Crippen LogP contribution in [-0.4, -0.2) is 40.3 Å². The highest BCUT2D eigenvalue weighted by Crippen LogP contribution is 2.26. The van der Waals surface area contributed by atoms with Crippen molar-refractivity contribution in [3.63, 3.8) is 0 Å². The van der Waals surface area contributed by atoms with Crippen molar-refractivity contribution in [2.75, 3.05) is 24.2 Å². The summed E-state index contributed by atoms with van der Waals surface area (Å²) in [5, 5.41) is 30.8. The number of nitriles is 1. The van der Waals surface area contributed by atoms with Crippen molar-refractivity contribution in [3.05, 3.63) is 29.8 Å². The Hall–Kier alpha value is -1.82. The zero-order chi connectivity index (χ0) is 16.5. The third-order valence-electron chi connectivity index (χ3n) is 2.76. The molecule has 2 N–H and O–H groups in total. The maximum Gasteiger partial charge on any atom is 0.206 e. The number of hydrogen-bond donors (Lipinski definition) is 2. The number of rotatable bonds is 9. The van der Waals surface area contributed by atoms with E-state index in [9.17, 15) is 5.11 Å². The van der Waals surface area contributed by atoms with E-state index in [4.69, 9.17) is 10.00 Å². The number of aliphatic hydroxyl groups is 1. The number of thioether (sulfide) groups is 1. The molecule has 2 aromatic rings. The van der Waals surface area contributed by atoms with Gasteiger partial charge in [0.25, 0.3) is 0 Å². The van der Waals surface area contributed by atoms with Crippen LogP contribution in [0.25, 0.3) is 0 Å². The molecule has 122 valence electrons. The molecule has 1 unspecified atom stereocenters. The van der Waals surface area contributed by atoms with E-state index in [1.807, 2.05) is 6.07 Å². The quantitative estimate of drug-likeness (QED) is 0.672. The lowest BCUT2D eigenvalue weighted by Gasteiger charge is -2.11. The van der Waals surface area contributed by atoms with Gasteiger partial charge in [-0.1, -0.05) is 30.0 Å². The Morgan fingerprint density at radius 3 is 2.87 bits per heavy atom. The summed E-state index contributed by atoms with van der Waals surface area (Å²) >= 11 is 2.94. The van der Waals surface area contributed by atoms with Gasteiger partial charge in [-0.2, -0.15) is 5.26 Å². The molecule has 0 saturated carbocycles. The first kappa shape index (κ1) is 17.5. The van der Waals surface area contributed by atoms with E-state index in [0.717, 1.165) is 22.4 Å². The summed E-state index contributed by atoms with van der Waals surface area (Å²) in [5.41, 5.74) is 0.581. The molecule has 0 aliphatic rings. The predicted octanol–water partition coefficient (Wildman–Crippen LogP) is 2.76. The average molecular weight is 350 g/mol. The molecule has 1 atom stereocenters. The van der Waals surface area contributed by atoms with Crippen molar-refractivity contribution in [2.24, 2.45) is 0 Å². The highest BCUT2D eigenvalue weighted by molar-refractivity contribution is 8.01. The Morgan fingerprint density at radius 1 is 1.39 bits per heavy atom. The molecule has 1 aromatic carbocycles. The third kappa shape index (κ3) is 6.06. The van der Waals surface area contributed by atoms with Crippen LogP contribution in [0.4, 0.5) is 5.13 Å². The van der Waals surface area contributed by atoms with Crippen molar-refractivity contribution in [1.82, 2.24) is 10.2 Å². The van der Waals surface area contributed by atoms with Crippen LogP contribution in [0.3, 0.4) is 0 Å². The first-order valence-corrected chi connectivity index (χ1v) is 9.02. The molecular formula is C15H18N4O2S2. The van der Waals surface area contributed by atoms with Gasteiger partial charge >= 0.3 is 0 Å². The fourth-order valence-corrected chi connectivity index (χ4v) is 3.31. The second-order valence-electron chi connectivity index (χ2n) is 4.71. The van der Waals surface area contributed by atoms with Gasteiger partial charge in [0.15, 0.2) is 4.34 Å². The number of aliphatic hydroxyl groups excluding tert-OH is 1. The number of nitrogens with one attached hydrogen (secondary N) is 1. The molecule has 0 saturated heterocycles. The predicted molar refractivity (Wildman–Crippen MR) is 92.1 cm³/mol. The maximum absolute atomic E-state index is 9.96. The summed E-state index contributed by atoms with van der Waals surface area (Å²) in [6, 6.07) is 8.85. The van der Waals surface area contributed by atoms with Gasteiger partial charge in [0.2, 0.25) is 5.13 Å². The van der Waals surface area contributed by atoms with Crippen molar-refractivity contribution >= 4 is 28.2 Å². The van der Waals surface area contributed by atoms with Crippen molar-refractivity contribution < 1.29 is 9.84 Å². The first-order chi connectivity index (χ1) is 11.2. The molecule has 6 nitrogen and oxygen atoms in total. The van der Waals surface area contributed by atoms with E-state index in [1.165, 1.54) is 23.1 Å². The standard InChI is InChI=1S/C15H18N4O2S2/c1-2-7-17-14-18-19-15(23-14)22-10-12(20)9-21-13-5-3-11(8-16)4-6-13/h3-6,12,20H,2,7,9-10H2,1H3,(H,17,18). The summed E-state index contributed by atoms with van der Waals surface area (Å²) in [6.45, 7) is 3.16. The highest BCUT2D eigenvalue weighted by Gasteiger charge is 2.10. The van der Waals surface area contributed by atoms with Crippen molar-refractivity contribution in [2.45, 2.75) is 23.8 Å². The van der Waals surface area contributed by atoms with Gasteiger partial charge in [-0.25, -0.2) is 0 Å². The second kappa shape index (κ2) is 9.35. The van der Waals surface area contributed by atoms with Crippen LogP contribution < -0.4 is 10.1 Å². The van der Waals surface area contributed by atoms with Crippen LogP contribution in [0.1, 0.15) is 18.9 Å². The average Bonchev–Trinajstić information content (AvgIpc) is 3.04. The molecule has 0 aliphatic heterocycles. The lowest BCUT2D eigenvalue weighted by molar-refractivity contribution is 0.126. The van der Waals surface area contributed by atoms with E-state index in [1.54, 1.807) is 24.3 Å². The van der Waals surface area contributed by atoms with Crippen molar-refractivity contribution in [1.29, 1.82) is 5.26 Å². The van der Waals surface area contributed by atoms with E-state index in [0.29, 0.717) is 17.1 Å². The molecule has 0 bridgehead atoms. The minimum Gasteiger partial charge on any atom is -0.491 e. The molecular weight excluding hydrogens is 332 g/mol. The Labute approximate surface area is 143 Å². The Bertz CT molecular complexity index is 640. The van der Waals surface area contributed by atoms with E-state index < -0.39 is 6.10 Å². The van der Waals surface area contributed by atoms with Crippen molar-refractivity contribution in [3.8, 4) is 11.8 Å². The molecule has 2 rings (SSSR count).